The molecule has 0 bridgehead atoms. The number of hydrogen-bond donors (Lipinski definition) is 1. The van der Waals surface area contributed by atoms with Crippen molar-refractivity contribution in [2.45, 2.75) is 35.2 Å². The second-order valence-electron chi connectivity index (χ2n) is 9.59. The average Bonchev–Trinajstić information content (AvgIpc) is 3.15. The van der Waals surface area contributed by atoms with E-state index in [1.54, 1.807) is 19.4 Å². The van der Waals surface area contributed by atoms with Gasteiger partial charge in [0.1, 0.15) is 10.8 Å². The molecule has 1 saturated heterocycles. The molecule has 3 heterocycles. The van der Waals surface area contributed by atoms with Crippen LogP contribution in [0.1, 0.15) is 30.0 Å². The number of piperidine rings is 1. The van der Waals surface area contributed by atoms with Gasteiger partial charge in [-0.3, -0.25) is 4.79 Å². The normalized spacial score (nSPS) is 18.8. The highest BCUT2D eigenvalue weighted by atomic mass is 35.5. The first kappa shape index (κ1) is 22.6. The van der Waals surface area contributed by atoms with E-state index in [4.69, 9.17) is 22.3 Å². The molecule has 2 aliphatic rings. The van der Waals surface area contributed by atoms with Gasteiger partial charge in [0, 0.05) is 37.3 Å². The minimum absolute atomic E-state index is 0.106. The third kappa shape index (κ3) is 3.82. The van der Waals surface area contributed by atoms with Crippen LogP contribution in [0.3, 0.4) is 0 Å². The SMILES string of the molecule is Cn1ccc2ccc(Sc3cnc(N4CCC5(CC4)Cc4ccccc4[C@H]5N)cn3)c(Cl)c2c1=O. The van der Waals surface area contributed by atoms with Crippen LogP contribution in [0.15, 0.2) is 75.8 Å². The second-order valence-corrected chi connectivity index (χ2v) is 11.0. The standard InChI is InChI=1S/C27H26ClN5OS/c1-32-11-8-17-6-7-20(24(28)23(17)26(32)34)35-22-16-30-21(15-31-22)33-12-9-27(10-13-33)14-18-4-2-3-5-19(18)25(27)29/h2-8,11,15-16,25H,9-10,12-14,29H2,1H3/t25-/m1/s1. The zero-order valence-electron chi connectivity index (χ0n) is 19.4. The molecular weight excluding hydrogens is 478 g/mol. The zero-order chi connectivity index (χ0) is 24.2. The lowest BCUT2D eigenvalue weighted by Crippen LogP contribution is -2.44. The van der Waals surface area contributed by atoms with E-state index in [9.17, 15) is 4.79 Å². The molecule has 0 radical (unpaired) electrons. The Morgan fingerprint density at radius 2 is 1.89 bits per heavy atom. The van der Waals surface area contributed by atoms with E-state index in [-0.39, 0.29) is 17.0 Å². The molecule has 1 atom stereocenters. The van der Waals surface area contributed by atoms with Crippen LogP contribution in [0.2, 0.25) is 5.02 Å². The van der Waals surface area contributed by atoms with Gasteiger partial charge in [-0.2, -0.15) is 0 Å². The smallest absolute Gasteiger partial charge is 0.259 e. The lowest BCUT2D eigenvalue weighted by Gasteiger charge is -2.42. The Kier molecular flexibility index (Phi) is 5.59. The first-order valence-electron chi connectivity index (χ1n) is 11.8. The summed E-state index contributed by atoms with van der Waals surface area (Å²) >= 11 is 8.04. The van der Waals surface area contributed by atoms with Gasteiger partial charge in [0.25, 0.3) is 5.56 Å². The minimum Gasteiger partial charge on any atom is -0.355 e. The number of benzene rings is 2. The predicted octanol–water partition coefficient (Wildman–Crippen LogP) is 4.98. The van der Waals surface area contributed by atoms with Crippen LogP contribution in [0.5, 0.6) is 0 Å². The molecule has 1 aliphatic heterocycles. The summed E-state index contributed by atoms with van der Waals surface area (Å²) in [6.45, 7) is 1.84. The van der Waals surface area contributed by atoms with E-state index in [0.29, 0.717) is 10.4 Å². The Hall–Kier alpha value is -2.87. The molecule has 4 aromatic rings. The third-order valence-electron chi connectivity index (χ3n) is 7.66. The number of rotatable bonds is 3. The van der Waals surface area contributed by atoms with Crippen molar-refractivity contribution in [2.75, 3.05) is 18.0 Å². The molecule has 178 valence electrons. The second kappa shape index (κ2) is 8.66. The molecule has 8 heteroatoms. The predicted molar refractivity (Wildman–Crippen MR) is 141 cm³/mol. The number of nitrogens with zero attached hydrogens (tertiary/aromatic N) is 4. The van der Waals surface area contributed by atoms with Crippen LogP contribution in [0, 0.1) is 5.41 Å². The van der Waals surface area contributed by atoms with Gasteiger partial charge in [-0.1, -0.05) is 53.7 Å². The molecular formula is C27H26ClN5OS. The molecule has 2 N–H and O–H groups in total. The van der Waals surface area contributed by atoms with E-state index in [1.165, 1.54) is 27.5 Å². The molecule has 1 aliphatic carbocycles. The summed E-state index contributed by atoms with van der Waals surface area (Å²) in [7, 11) is 1.73. The van der Waals surface area contributed by atoms with Gasteiger partial charge in [0.2, 0.25) is 0 Å². The number of aryl methyl sites for hydroxylation is 1. The molecule has 0 amide bonds. The van der Waals surface area contributed by atoms with E-state index in [2.05, 4.69) is 34.1 Å². The summed E-state index contributed by atoms with van der Waals surface area (Å²) in [6.07, 6.45) is 8.52. The van der Waals surface area contributed by atoms with Gasteiger partial charge in [-0.15, -0.1) is 0 Å². The van der Waals surface area contributed by atoms with Crippen molar-refractivity contribution in [1.29, 1.82) is 0 Å². The first-order valence-corrected chi connectivity index (χ1v) is 13.0. The van der Waals surface area contributed by atoms with Gasteiger partial charge in [0.15, 0.2) is 0 Å². The maximum Gasteiger partial charge on any atom is 0.259 e. The van der Waals surface area contributed by atoms with Crippen LogP contribution in [-0.2, 0) is 13.5 Å². The molecule has 1 fully saturated rings. The maximum absolute atomic E-state index is 12.6. The zero-order valence-corrected chi connectivity index (χ0v) is 21.0. The number of halogens is 1. The molecule has 6 nitrogen and oxygen atoms in total. The van der Waals surface area contributed by atoms with E-state index in [1.807, 2.05) is 24.4 Å². The van der Waals surface area contributed by atoms with Crippen molar-refractivity contribution < 1.29 is 0 Å². The van der Waals surface area contributed by atoms with E-state index < -0.39 is 0 Å². The Balaban J connectivity index is 1.16. The highest BCUT2D eigenvalue weighted by Crippen LogP contribution is 2.50. The van der Waals surface area contributed by atoms with Crippen molar-refractivity contribution in [3.8, 4) is 0 Å². The number of nitrogens with two attached hydrogens (primary N) is 1. The number of hydrogen-bond acceptors (Lipinski definition) is 6. The number of aromatic nitrogens is 3. The number of fused-ring (bicyclic) bond motifs is 2. The Bertz CT molecular complexity index is 1480. The third-order valence-corrected chi connectivity index (χ3v) is 9.14. The fourth-order valence-corrected chi connectivity index (χ4v) is 6.70. The van der Waals surface area contributed by atoms with Crippen LogP contribution in [0.25, 0.3) is 10.8 Å². The summed E-state index contributed by atoms with van der Waals surface area (Å²) in [5.74, 6) is 0.881. The highest BCUT2D eigenvalue weighted by molar-refractivity contribution is 7.99. The average molecular weight is 504 g/mol. The Labute approximate surface area is 213 Å². The van der Waals surface area contributed by atoms with Gasteiger partial charge >= 0.3 is 0 Å². The van der Waals surface area contributed by atoms with Gasteiger partial charge < -0.3 is 15.2 Å². The molecule has 0 unspecified atom stereocenters. The van der Waals surface area contributed by atoms with Gasteiger partial charge in [-0.25, -0.2) is 9.97 Å². The number of pyridine rings is 1. The molecule has 1 spiro atoms. The van der Waals surface area contributed by atoms with E-state index in [0.717, 1.165) is 53.5 Å². The minimum atomic E-state index is -0.107. The molecule has 0 saturated carbocycles. The topological polar surface area (TPSA) is 77.0 Å². The Morgan fingerprint density at radius 3 is 2.63 bits per heavy atom. The molecule has 35 heavy (non-hydrogen) atoms. The highest BCUT2D eigenvalue weighted by Gasteiger charge is 2.45. The van der Waals surface area contributed by atoms with Crippen molar-refractivity contribution >= 4 is 40.0 Å². The fraction of sp³-hybridized carbons (Fsp3) is 0.296. The summed E-state index contributed by atoms with van der Waals surface area (Å²) in [5, 5.41) is 2.55. The Morgan fingerprint density at radius 1 is 1.09 bits per heavy atom. The lowest BCUT2D eigenvalue weighted by atomic mass is 9.73. The van der Waals surface area contributed by atoms with Gasteiger partial charge in [0.05, 0.1) is 22.8 Å². The van der Waals surface area contributed by atoms with Gasteiger partial charge in [-0.05, 0) is 53.3 Å². The lowest BCUT2D eigenvalue weighted by molar-refractivity contribution is 0.187. The maximum atomic E-state index is 12.6. The summed E-state index contributed by atoms with van der Waals surface area (Å²) in [6, 6.07) is 14.5. The fourth-order valence-electron chi connectivity index (χ4n) is 5.57. The van der Waals surface area contributed by atoms with Crippen LogP contribution in [0.4, 0.5) is 5.82 Å². The quantitative estimate of drug-likeness (QED) is 0.425. The van der Waals surface area contributed by atoms with Crippen LogP contribution >= 0.6 is 23.4 Å². The van der Waals surface area contributed by atoms with Crippen molar-refractivity contribution in [3.63, 3.8) is 0 Å². The summed E-state index contributed by atoms with van der Waals surface area (Å²) < 4.78 is 1.54. The number of anilines is 1. The molecule has 6 rings (SSSR count). The van der Waals surface area contributed by atoms with Crippen molar-refractivity contribution in [3.05, 3.63) is 87.6 Å². The summed E-state index contributed by atoms with van der Waals surface area (Å²) in [4.78, 5) is 25.0. The van der Waals surface area contributed by atoms with Crippen molar-refractivity contribution in [1.82, 2.24) is 14.5 Å². The van der Waals surface area contributed by atoms with Crippen LogP contribution in [-0.4, -0.2) is 27.6 Å². The largest absolute Gasteiger partial charge is 0.355 e. The summed E-state index contributed by atoms with van der Waals surface area (Å²) in [5.41, 5.74) is 9.47. The van der Waals surface area contributed by atoms with E-state index >= 15 is 0 Å². The van der Waals surface area contributed by atoms with Crippen LogP contribution < -0.4 is 16.2 Å². The monoisotopic (exact) mass is 503 g/mol. The molecule has 2 aromatic carbocycles. The first-order chi connectivity index (χ1) is 16.9. The molecule has 2 aromatic heterocycles. The van der Waals surface area contributed by atoms with Crippen molar-refractivity contribution in [2.24, 2.45) is 18.2 Å².